The summed E-state index contributed by atoms with van der Waals surface area (Å²) in [7, 11) is 0. The smallest absolute Gasteiger partial charge is 0.180 e. The van der Waals surface area contributed by atoms with Gasteiger partial charge in [-0.05, 0) is 43.0 Å². The van der Waals surface area contributed by atoms with Gasteiger partial charge >= 0.3 is 0 Å². The Morgan fingerprint density at radius 3 is 2.92 bits per heavy atom. The average Bonchev–Trinajstić information content (AvgIpc) is 2.94. The molecule has 4 rings (SSSR count). The van der Waals surface area contributed by atoms with Crippen LogP contribution in [0, 0.1) is 6.92 Å². The van der Waals surface area contributed by atoms with Crippen molar-refractivity contribution in [3.05, 3.63) is 65.1 Å². The van der Waals surface area contributed by atoms with E-state index in [4.69, 9.17) is 4.74 Å². The van der Waals surface area contributed by atoms with Gasteiger partial charge in [-0.15, -0.1) is 0 Å². The van der Waals surface area contributed by atoms with Gasteiger partial charge in [0.05, 0.1) is 18.4 Å². The Kier molecular flexibility index (Phi) is 3.75. The minimum Gasteiger partial charge on any atom is -0.479 e. The zero-order valence-electron chi connectivity index (χ0n) is 13.5. The quantitative estimate of drug-likeness (QED) is 0.777. The molecule has 5 heteroatoms. The number of rotatable bonds is 3. The van der Waals surface area contributed by atoms with Gasteiger partial charge in [0.15, 0.2) is 11.4 Å². The summed E-state index contributed by atoms with van der Waals surface area (Å²) in [4.78, 5) is 4.48. The second-order valence-electron chi connectivity index (χ2n) is 6.21. The largest absolute Gasteiger partial charge is 0.479 e. The third-order valence-corrected chi connectivity index (χ3v) is 4.78. The third-order valence-electron chi connectivity index (χ3n) is 4.78. The van der Waals surface area contributed by atoms with Gasteiger partial charge in [0, 0.05) is 11.9 Å². The molecule has 3 aromatic rings. The number of aryl methyl sites for hydroxylation is 2. The number of nitrogens with zero attached hydrogens (tertiary/aromatic N) is 2. The van der Waals surface area contributed by atoms with Crippen LogP contribution in [0.4, 0.5) is 0 Å². The van der Waals surface area contributed by atoms with Crippen LogP contribution in [0.1, 0.15) is 35.0 Å². The molecule has 0 fully saturated rings. The number of aliphatic hydroxyl groups is 2. The molecule has 0 radical (unpaired) electrons. The fraction of sp³-hybridized carbons (Fsp3) is 0.316. The van der Waals surface area contributed by atoms with E-state index in [1.165, 1.54) is 5.56 Å². The van der Waals surface area contributed by atoms with Gasteiger partial charge in [-0.25, -0.2) is 4.98 Å². The summed E-state index contributed by atoms with van der Waals surface area (Å²) in [6, 6.07) is 11.8. The average molecular weight is 324 g/mol. The van der Waals surface area contributed by atoms with Crippen LogP contribution in [-0.2, 0) is 13.0 Å². The lowest BCUT2D eigenvalue weighted by Gasteiger charge is -2.30. The van der Waals surface area contributed by atoms with Crippen molar-refractivity contribution in [1.29, 1.82) is 0 Å². The Morgan fingerprint density at radius 1 is 1.25 bits per heavy atom. The summed E-state index contributed by atoms with van der Waals surface area (Å²) in [6.45, 7) is 1.81. The van der Waals surface area contributed by atoms with E-state index in [2.05, 4.69) is 11.1 Å². The van der Waals surface area contributed by atoms with E-state index in [1.54, 1.807) is 0 Å². The van der Waals surface area contributed by atoms with Gasteiger partial charge in [0.2, 0.25) is 0 Å². The highest BCUT2D eigenvalue weighted by Gasteiger charge is 2.30. The Bertz CT molecular complexity index is 887. The van der Waals surface area contributed by atoms with E-state index in [0.29, 0.717) is 23.5 Å². The van der Waals surface area contributed by atoms with Crippen molar-refractivity contribution in [3.8, 4) is 5.75 Å². The van der Waals surface area contributed by atoms with E-state index in [9.17, 15) is 10.2 Å². The van der Waals surface area contributed by atoms with E-state index in [0.717, 1.165) is 17.7 Å². The molecule has 0 aliphatic heterocycles. The number of hydrogen-bond donors (Lipinski definition) is 2. The number of benzene rings is 1. The molecule has 24 heavy (non-hydrogen) atoms. The predicted octanol–water partition coefficient (Wildman–Crippen LogP) is 2.56. The predicted molar refractivity (Wildman–Crippen MR) is 90.0 cm³/mol. The first-order valence-corrected chi connectivity index (χ1v) is 8.19. The van der Waals surface area contributed by atoms with E-state index >= 15 is 0 Å². The van der Waals surface area contributed by atoms with Gasteiger partial charge in [0.1, 0.15) is 6.10 Å². The molecule has 2 atom stereocenters. The van der Waals surface area contributed by atoms with Crippen molar-refractivity contribution in [1.82, 2.24) is 9.38 Å². The zero-order valence-corrected chi connectivity index (χ0v) is 13.5. The van der Waals surface area contributed by atoms with Gasteiger partial charge in [-0.1, -0.05) is 24.3 Å². The van der Waals surface area contributed by atoms with Crippen molar-refractivity contribution in [2.24, 2.45) is 0 Å². The fourth-order valence-electron chi connectivity index (χ4n) is 3.43. The lowest BCUT2D eigenvalue weighted by molar-refractivity contribution is 0.0233. The monoisotopic (exact) mass is 324 g/mol. The molecule has 2 unspecified atom stereocenters. The Morgan fingerprint density at radius 2 is 2.08 bits per heavy atom. The van der Waals surface area contributed by atoms with Crippen LogP contribution >= 0.6 is 0 Å². The zero-order chi connectivity index (χ0) is 16.7. The van der Waals surface area contributed by atoms with E-state index in [1.807, 2.05) is 47.9 Å². The minimum atomic E-state index is -0.548. The number of aromatic nitrogens is 2. The van der Waals surface area contributed by atoms with Crippen LogP contribution in [0.5, 0.6) is 5.75 Å². The molecule has 2 N–H and O–H groups in total. The molecule has 124 valence electrons. The first-order valence-electron chi connectivity index (χ1n) is 8.19. The molecule has 1 aromatic carbocycles. The van der Waals surface area contributed by atoms with Crippen molar-refractivity contribution in [3.63, 3.8) is 0 Å². The summed E-state index contributed by atoms with van der Waals surface area (Å²) >= 11 is 0. The SMILES string of the molecule is Cc1c(CO)nc2c(OC3c4ccccc4CCC3O)cccn12. The van der Waals surface area contributed by atoms with E-state index in [-0.39, 0.29) is 6.61 Å². The van der Waals surface area contributed by atoms with Crippen molar-refractivity contribution < 1.29 is 14.9 Å². The lowest BCUT2D eigenvalue weighted by atomic mass is 9.87. The van der Waals surface area contributed by atoms with Gasteiger partial charge in [-0.3, -0.25) is 0 Å². The topological polar surface area (TPSA) is 67.0 Å². The molecular weight excluding hydrogens is 304 g/mol. The van der Waals surface area contributed by atoms with Crippen molar-refractivity contribution in [2.45, 2.75) is 38.6 Å². The molecule has 2 aromatic heterocycles. The van der Waals surface area contributed by atoms with Crippen molar-refractivity contribution >= 4 is 5.65 Å². The third kappa shape index (κ3) is 2.37. The highest BCUT2D eigenvalue weighted by molar-refractivity contribution is 5.56. The molecule has 1 aliphatic carbocycles. The Labute approximate surface area is 140 Å². The molecular formula is C19H20N2O3. The first-order chi connectivity index (χ1) is 11.7. The number of aliphatic hydroxyl groups excluding tert-OH is 2. The lowest BCUT2D eigenvalue weighted by Crippen LogP contribution is -2.29. The van der Waals surface area contributed by atoms with Crippen LogP contribution in [0.15, 0.2) is 42.6 Å². The molecule has 1 aliphatic rings. The fourth-order valence-corrected chi connectivity index (χ4v) is 3.43. The van der Waals surface area contributed by atoms with Crippen LogP contribution in [-0.4, -0.2) is 25.7 Å². The summed E-state index contributed by atoms with van der Waals surface area (Å²) in [5.41, 5.74) is 4.44. The molecule has 2 heterocycles. The van der Waals surface area contributed by atoms with Gasteiger partial charge < -0.3 is 19.4 Å². The summed E-state index contributed by atoms with van der Waals surface area (Å²) < 4.78 is 8.11. The van der Waals surface area contributed by atoms with Crippen LogP contribution in [0.3, 0.4) is 0 Å². The summed E-state index contributed by atoms with van der Waals surface area (Å²) in [5.74, 6) is 0.612. The Balaban J connectivity index is 1.77. The number of imidazole rings is 1. The van der Waals surface area contributed by atoms with E-state index < -0.39 is 12.2 Å². The minimum absolute atomic E-state index is 0.109. The number of pyridine rings is 1. The molecule has 5 nitrogen and oxygen atoms in total. The second-order valence-corrected chi connectivity index (χ2v) is 6.21. The normalized spacial score (nSPS) is 20.1. The van der Waals surface area contributed by atoms with Gasteiger partial charge in [0.25, 0.3) is 0 Å². The number of ether oxygens (including phenoxy) is 1. The second kappa shape index (κ2) is 5.92. The maximum Gasteiger partial charge on any atom is 0.180 e. The molecule has 0 saturated heterocycles. The molecule has 0 amide bonds. The molecule has 0 saturated carbocycles. The number of hydrogen-bond acceptors (Lipinski definition) is 4. The van der Waals surface area contributed by atoms with Gasteiger partial charge in [-0.2, -0.15) is 0 Å². The van der Waals surface area contributed by atoms with Crippen LogP contribution < -0.4 is 4.74 Å². The van der Waals surface area contributed by atoms with Crippen LogP contribution in [0.25, 0.3) is 5.65 Å². The van der Waals surface area contributed by atoms with Crippen molar-refractivity contribution in [2.75, 3.05) is 0 Å². The first kappa shape index (κ1) is 15.2. The maximum absolute atomic E-state index is 10.5. The summed E-state index contributed by atoms with van der Waals surface area (Å²) in [6.07, 6.45) is 2.48. The summed E-state index contributed by atoms with van der Waals surface area (Å²) in [5, 5.41) is 19.9. The molecule has 0 bridgehead atoms. The molecule has 0 spiro atoms. The Hall–Kier alpha value is -2.37. The highest BCUT2D eigenvalue weighted by Crippen LogP contribution is 2.35. The van der Waals surface area contributed by atoms with Crippen LogP contribution in [0.2, 0.25) is 0 Å². The standard InChI is InChI=1S/C19H20N2O3/c1-12-15(11-22)20-19-17(7-4-10-21(12)19)24-18-14-6-3-2-5-13(14)8-9-16(18)23/h2-7,10,16,18,22-23H,8-9,11H2,1H3. The highest BCUT2D eigenvalue weighted by atomic mass is 16.5. The maximum atomic E-state index is 10.5. The number of fused-ring (bicyclic) bond motifs is 2.